The van der Waals surface area contributed by atoms with Gasteiger partial charge in [-0.25, -0.2) is 14.3 Å². The van der Waals surface area contributed by atoms with E-state index < -0.39 is 11.5 Å². The fourth-order valence-corrected chi connectivity index (χ4v) is 3.06. The molecule has 29 heavy (non-hydrogen) atoms. The zero-order valence-electron chi connectivity index (χ0n) is 15.4. The molecule has 9 nitrogen and oxygen atoms in total. The van der Waals surface area contributed by atoms with E-state index in [1.54, 1.807) is 31.5 Å². The third-order valence-corrected chi connectivity index (χ3v) is 4.50. The van der Waals surface area contributed by atoms with E-state index in [-0.39, 0.29) is 0 Å². The molecule has 0 fully saturated rings. The first kappa shape index (κ1) is 18.7. The highest BCUT2D eigenvalue weighted by atomic mass is 32.1. The molecule has 0 spiro atoms. The molecule has 4 aromatic rings. The summed E-state index contributed by atoms with van der Waals surface area (Å²) >= 11 is -0.729. The van der Waals surface area contributed by atoms with Crippen LogP contribution >= 0.6 is 0 Å². The van der Waals surface area contributed by atoms with Crippen molar-refractivity contribution in [1.82, 2.24) is 20.2 Å². The Morgan fingerprint density at radius 1 is 1.17 bits per heavy atom. The van der Waals surface area contributed by atoms with Crippen molar-refractivity contribution in [3.8, 4) is 11.5 Å². The maximum absolute atomic E-state index is 10.7. The number of H-pyrrole nitrogens is 1. The molecule has 4 rings (SSSR count). The molecule has 0 radical (unpaired) electrons. The normalized spacial score (nSPS) is 11.1. The average molecular weight is 410 g/mol. The maximum Gasteiger partial charge on any atom is 0.163 e. The lowest BCUT2D eigenvalue weighted by molar-refractivity contribution is 0.285. The fraction of sp³-hybridized carbons (Fsp3) is 0.105. The molecule has 148 valence electrons. The topological polar surface area (TPSA) is 114 Å². The lowest BCUT2D eigenvalue weighted by atomic mass is 10.2. The van der Waals surface area contributed by atoms with E-state index in [0.29, 0.717) is 40.9 Å². The molecule has 0 saturated heterocycles. The Balaban J connectivity index is 1.63. The number of methoxy groups -OCH3 is 1. The summed E-state index contributed by atoms with van der Waals surface area (Å²) in [6, 6.07) is 12.8. The van der Waals surface area contributed by atoms with Gasteiger partial charge >= 0.3 is 0 Å². The van der Waals surface area contributed by atoms with Crippen LogP contribution in [-0.2, 0) is 18.1 Å². The van der Waals surface area contributed by atoms with Gasteiger partial charge in [0.05, 0.1) is 18.3 Å². The number of aromatic nitrogens is 4. The van der Waals surface area contributed by atoms with Gasteiger partial charge < -0.3 is 14.8 Å². The second kappa shape index (κ2) is 8.57. The summed E-state index contributed by atoms with van der Waals surface area (Å²) in [5.41, 5.74) is 2.24. The quantitative estimate of drug-likeness (QED) is 0.481. The first-order valence-corrected chi connectivity index (χ1v) is 9.51. The van der Waals surface area contributed by atoms with Gasteiger partial charge in [-0.05, 0) is 23.8 Å². The van der Waals surface area contributed by atoms with Gasteiger partial charge in [0.25, 0.3) is 0 Å². The van der Waals surface area contributed by atoms with Crippen molar-refractivity contribution in [2.24, 2.45) is 4.36 Å². The summed E-state index contributed by atoms with van der Waals surface area (Å²) in [4.78, 5) is 8.64. The van der Waals surface area contributed by atoms with Crippen molar-refractivity contribution in [1.29, 1.82) is 0 Å². The largest absolute Gasteiger partial charge is 0.493 e. The van der Waals surface area contributed by atoms with Crippen molar-refractivity contribution in [2.75, 3.05) is 12.4 Å². The highest BCUT2D eigenvalue weighted by Crippen LogP contribution is 2.35. The second-order valence-electron chi connectivity index (χ2n) is 5.99. The smallest absolute Gasteiger partial charge is 0.163 e. The highest BCUT2D eigenvalue weighted by molar-refractivity contribution is 7.54. The standard InChI is InChI=1S/C19H18N6O3S/c1-27-16-8-14-15(20-11-21-19(14)23-18-5-6-22-24-18)9-17(16)28-10-12-3-2-4-13(7-12)25-29-26/h2-9,11H,10,29H2,1H3,(H2,20,21,22,23,24). The third-order valence-electron chi connectivity index (χ3n) is 4.15. The minimum absolute atomic E-state index is 0.302. The van der Waals surface area contributed by atoms with Crippen molar-refractivity contribution >= 4 is 39.7 Å². The Kier molecular flexibility index (Phi) is 5.52. The average Bonchev–Trinajstić information content (AvgIpc) is 3.25. The molecule has 10 heteroatoms. The molecule has 0 amide bonds. The van der Waals surface area contributed by atoms with E-state index >= 15 is 0 Å². The van der Waals surface area contributed by atoms with E-state index in [1.807, 2.05) is 24.3 Å². The van der Waals surface area contributed by atoms with Crippen LogP contribution in [0.1, 0.15) is 5.56 Å². The number of ether oxygens (including phenoxy) is 2. The summed E-state index contributed by atoms with van der Waals surface area (Å²) < 4.78 is 26.1. The first-order chi connectivity index (χ1) is 14.3. The van der Waals surface area contributed by atoms with Crippen LogP contribution in [0, 0.1) is 0 Å². The number of hydrogen-bond donors (Lipinski definition) is 2. The van der Waals surface area contributed by atoms with E-state index in [2.05, 4.69) is 29.8 Å². The molecule has 0 aliphatic heterocycles. The number of nitrogens with zero attached hydrogens (tertiary/aromatic N) is 4. The number of nitrogens with one attached hydrogen (secondary N) is 2. The minimum Gasteiger partial charge on any atom is -0.493 e. The molecule has 0 unspecified atom stereocenters. The van der Waals surface area contributed by atoms with Crippen LogP contribution in [0.3, 0.4) is 0 Å². The summed E-state index contributed by atoms with van der Waals surface area (Å²) in [7, 11) is 1.58. The number of fused-ring (bicyclic) bond motifs is 1. The minimum atomic E-state index is -0.729. The molecule has 2 aromatic carbocycles. The molecule has 2 aromatic heterocycles. The summed E-state index contributed by atoms with van der Waals surface area (Å²) in [6.45, 7) is 0.302. The molecule has 0 bridgehead atoms. The summed E-state index contributed by atoms with van der Waals surface area (Å²) in [5, 5.41) is 10.8. The zero-order chi connectivity index (χ0) is 20.1. The van der Waals surface area contributed by atoms with Gasteiger partial charge in [0.2, 0.25) is 0 Å². The Hall–Kier alpha value is -3.66. The molecule has 0 aliphatic carbocycles. The highest BCUT2D eigenvalue weighted by Gasteiger charge is 2.12. The van der Waals surface area contributed by atoms with Crippen LogP contribution in [0.4, 0.5) is 17.3 Å². The number of benzene rings is 2. The molecular formula is C19H18N6O3S. The monoisotopic (exact) mass is 410 g/mol. The van der Waals surface area contributed by atoms with Gasteiger partial charge in [0.15, 0.2) is 17.3 Å². The van der Waals surface area contributed by atoms with Gasteiger partial charge in [-0.3, -0.25) is 9.31 Å². The Morgan fingerprint density at radius 3 is 2.90 bits per heavy atom. The molecule has 2 heterocycles. The molecular weight excluding hydrogens is 392 g/mol. The second-order valence-corrected chi connectivity index (χ2v) is 6.39. The van der Waals surface area contributed by atoms with Crippen LogP contribution < -0.4 is 14.8 Å². The molecule has 2 N–H and O–H groups in total. The lowest BCUT2D eigenvalue weighted by Crippen LogP contribution is -2.00. The van der Waals surface area contributed by atoms with Crippen molar-refractivity contribution in [3.63, 3.8) is 0 Å². The Morgan fingerprint density at radius 2 is 2.10 bits per heavy atom. The van der Waals surface area contributed by atoms with E-state index in [9.17, 15) is 4.21 Å². The van der Waals surface area contributed by atoms with Crippen LogP contribution in [0.25, 0.3) is 10.9 Å². The van der Waals surface area contributed by atoms with Gasteiger partial charge in [-0.1, -0.05) is 12.1 Å². The summed E-state index contributed by atoms with van der Waals surface area (Å²) in [5.74, 6) is 2.37. The van der Waals surface area contributed by atoms with Gasteiger partial charge in [-0.2, -0.15) is 5.10 Å². The van der Waals surface area contributed by atoms with Crippen LogP contribution in [0.5, 0.6) is 11.5 Å². The molecule has 0 saturated carbocycles. The Bertz CT molecular complexity index is 1190. The first-order valence-electron chi connectivity index (χ1n) is 8.66. The molecule has 0 aliphatic rings. The zero-order valence-corrected chi connectivity index (χ0v) is 16.4. The van der Waals surface area contributed by atoms with Crippen LogP contribution in [0.15, 0.2) is 59.4 Å². The van der Waals surface area contributed by atoms with Crippen molar-refractivity contribution < 1.29 is 13.7 Å². The molecule has 0 atom stereocenters. The van der Waals surface area contributed by atoms with Gasteiger partial charge in [-0.15, -0.1) is 0 Å². The van der Waals surface area contributed by atoms with Crippen molar-refractivity contribution in [3.05, 3.63) is 60.6 Å². The van der Waals surface area contributed by atoms with E-state index in [0.717, 1.165) is 10.9 Å². The van der Waals surface area contributed by atoms with Gasteiger partial charge in [0, 0.05) is 35.2 Å². The van der Waals surface area contributed by atoms with Crippen LogP contribution in [-0.4, -0.2) is 31.5 Å². The van der Waals surface area contributed by atoms with E-state index in [4.69, 9.17) is 9.47 Å². The van der Waals surface area contributed by atoms with E-state index in [1.165, 1.54) is 6.33 Å². The lowest BCUT2D eigenvalue weighted by Gasteiger charge is -2.13. The predicted molar refractivity (Wildman–Crippen MR) is 112 cm³/mol. The number of rotatable bonds is 7. The summed E-state index contributed by atoms with van der Waals surface area (Å²) in [6.07, 6.45) is 3.19. The van der Waals surface area contributed by atoms with Crippen LogP contribution in [0.2, 0.25) is 0 Å². The predicted octanol–water partition coefficient (Wildman–Crippen LogP) is 3.18. The van der Waals surface area contributed by atoms with Gasteiger partial charge in [0.1, 0.15) is 18.8 Å². The Labute approximate surface area is 169 Å². The number of anilines is 2. The number of hydrogen-bond acceptors (Lipinski definition) is 8. The third kappa shape index (κ3) is 4.27. The fourth-order valence-electron chi connectivity index (χ4n) is 2.82. The SMILES string of the molecule is COc1cc2c(Nc3cc[nH]n3)ncnc2cc1OCc1cccc(N=[SH2]=O)c1. The van der Waals surface area contributed by atoms with Crippen molar-refractivity contribution in [2.45, 2.75) is 6.61 Å². The maximum atomic E-state index is 10.7. The number of aromatic amines is 1.